The van der Waals surface area contributed by atoms with E-state index in [2.05, 4.69) is 0 Å². The topological polar surface area (TPSA) is 60.9 Å². The molecule has 0 saturated carbocycles. The molecule has 2 heterocycles. The third kappa shape index (κ3) is 5.96. The zero-order chi connectivity index (χ0) is 21.7. The lowest BCUT2D eigenvalue weighted by Crippen LogP contribution is -2.52. The highest BCUT2D eigenvalue weighted by molar-refractivity contribution is 5.89. The van der Waals surface area contributed by atoms with Crippen molar-refractivity contribution in [1.29, 1.82) is 0 Å². The van der Waals surface area contributed by atoms with Gasteiger partial charge in [0.25, 0.3) is 0 Å². The van der Waals surface area contributed by atoms with Crippen LogP contribution in [0.15, 0.2) is 30.3 Å². The molecular formula is C21H26F3N3O3. The summed E-state index contributed by atoms with van der Waals surface area (Å²) in [7, 11) is 0. The number of alkyl halides is 3. The molecule has 2 aliphatic rings. The molecule has 0 N–H and O–H groups in total. The van der Waals surface area contributed by atoms with Crippen molar-refractivity contribution in [1.82, 2.24) is 14.7 Å². The first kappa shape index (κ1) is 22.1. The van der Waals surface area contributed by atoms with Gasteiger partial charge in [0.1, 0.15) is 6.54 Å². The number of likely N-dealkylation sites (tertiary alicyclic amines) is 1. The number of benzene rings is 1. The van der Waals surface area contributed by atoms with Gasteiger partial charge in [-0.25, -0.2) is 0 Å². The maximum Gasteiger partial charge on any atom is 0.406 e. The zero-order valence-electron chi connectivity index (χ0n) is 16.7. The summed E-state index contributed by atoms with van der Waals surface area (Å²) in [6.45, 7) is -0.0250. The molecule has 1 atom stereocenters. The van der Waals surface area contributed by atoms with E-state index in [0.717, 1.165) is 12.8 Å². The Morgan fingerprint density at radius 3 is 2.27 bits per heavy atom. The highest BCUT2D eigenvalue weighted by Crippen LogP contribution is 2.25. The van der Waals surface area contributed by atoms with Crippen LogP contribution in [0.1, 0.15) is 24.8 Å². The summed E-state index contributed by atoms with van der Waals surface area (Å²) in [5.41, 5.74) is 1.19. The third-order valence-corrected chi connectivity index (χ3v) is 5.58. The number of carbonyl (C=O) groups excluding carboxylic acids is 3. The van der Waals surface area contributed by atoms with Crippen molar-refractivity contribution >= 4 is 17.7 Å². The summed E-state index contributed by atoms with van der Waals surface area (Å²) < 4.78 is 37.6. The Morgan fingerprint density at radius 1 is 1.00 bits per heavy atom. The van der Waals surface area contributed by atoms with E-state index in [9.17, 15) is 27.6 Å². The van der Waals surface area contributed by atoms with Gasteiger partial charge in [0.2, 0.25) is 17.7 Å². The largest absolute Gasteiger partial charge is 0.406 e. The third-order valence-electron chi connectivity index (χ3n) is 5.58. The Bertz CT molecular complexity index is 762. The minimum atomic E-state index is -4.47. The number of hydrogen-bond acceptors (Lipinski definition) is 3. The van der Waals surface area contributed by atoms with E-state index in [-0.39, 0.29) is 24.8 Å². The van der Waals surface area contributed by atoms with Crippen LogP contribution in [0.2, 0.25) is 0 Å². The maximum atomic E-state index is 12.6. The molecule has 2 fully saturated rings. The predicted octanol–water partition coefficient (Wildman–Crippen LogP) is 2.09. The molecule has 164 valence electrons. The summed E-state index contributed by atoms with van der Waals surface area (Å²) in [5, 5.41) is 0. The molecule has 3 amide bonds. The molecule has 2 aliphatic heterocycles. The summed E-state index contributed by atoms with van der Waals surface area (Å²) in [6.07, 6.45) is -2.64. The minimum absolute atomic E-state index is 0.0467. The summed E-state index contributed by atoms with van der Waals surface area (Å²) in [6, 6.07) is 9.93. The molecule has 30 heavy (non-hydrogen) atoms. The van der Waals surface area contributed by atoms with Gasteiger partial charge in [0.05, 0.1) is 5.92 Å². The van der Waals surface area contributed by atoms with Crippen LogP contribution in [0, 0.1) is 5.92 Å². The van der Waals surface area contributed by atoms with Crippen LogP contribution in [-0.4, -0.2) is 77.9 Å². The number of rotatable bonds is 6. The lowest BCUT2D eigenvalue weighted by molar-refractivity contribution is -0.157. The van der Waals surface area contributed by atoms with Gasteiger partial charge in [-0.05, 0) is 18.4 Å². The number of halogens is 3. The fraction of sp³-hybridized carbons (Fsp3) is 0.571. The predicted molar refractivity (Wildman–Crippen MR) is 103 cm³/mol. The molecule has 0 radical (unpaired) electrons. The van der Waals surface area contributed by atoms with Crippen LogP contribution in [0.5, 0.6) is 0 Å². The number of amides is 3. The molecule has 2 saturated heterocycles. The molecule has 6 nitrogen and oxygen atoms in total. The van der Waals surface area contributed by atoms with E-state index in [4.69, 9.17) is 0 Å². The number of hydrogen-bond donors (Lipinski definition) is 0. The van der Waals surface area contributed by atoms with Crippen LogP contribution in [0.25, 0.3) is 0 Å². The van der Waals surface area contributed by atoms with Gasteiger partial charge in [-0.3, -0.25) is 14.4 Å². The fourth-order valence-corrected chi connectivity index (χ4v) is 3.99. The van der Waals surface area contributed by atoms with Crippen molar-refractivity contribution in [2.45, 2.75) is 31.9 Å². The molecule has 9 heteroatoms. The maximum absolute atomic E-state index is 12.6. The van der Waals surface area contributed by atoms with Crippen molar-refractivity contribution < 1.29 is 27.6 Å². The van der Waals surface area contributed by atoms with Gasteiger partial charge in [-0.1, -0.05) is 30.3 Å². The molecule has 0 aromatic heterocycles. The van der Waals surface area contributed by atoms with E-state index >= 15 is 0 Å². The Kier molecular flexibility index (Phi) is 6.99. The number of carbonyl (C=O) groups is 3. The first-order chi connectivity index (χ1) is 14.2. The Labute approximate surface area is 173 Å². The van der Waals surface area contributed by atoms with Crippen LogP contribution in [0.4, 0.5) is 13.2 Å². The number of nitrogens with zero attached hydrogens (tertiary/aromatic N) is 3. The van der Waals surface area contributed by atoms with Gasteiger partial charge in [0.15, 0.2) is 0 Å². The SMILES string of the molecule is O=C(CCCc1ccccc1)N1CCN(C(=O)C2CC(=O)N(CC(F)(F)F)C2)CC1. The number of piperazine rings is 1. The molecule has 1 aromatic rings. The van der Waals surface area contributed by atoms with Crippen LogP contribution < -0.4 is 0 Å². The second-order valence-electron chi connectivity index (χ2n) is 7.84. The summed E-state index contributed by atoms with van der Waals surface area (Å²) in [4.78, 5) is 40.8. The minimum Gasteiger partial charge on any atom is -0.339 e. The van der Waals surface area contributed by atoms with Crippen molar-refractivity contribution in [3.8, 4) is 0 Å². The van der Waals surface area contributed by atoms with Crippen LogP contribution in [0.3, 0.4) is 0 Å². The first-order valence-electron chi connectivity index (χ1n) is 10.2. The van der Waals surface area contributed by atoms with Crippen molar-refractivity contribution in [3.05, 3.63) is 35.9 Å². The monoisotopic (exact) mass is 425 g/mol. The van der Waals surface area contributed by atoms with Gasteiger partial charge in [-0.2, -0.15) is 13.2 Å². The number of aryl methyl sites for hydroxylation is 1. The van der Waals surface area contributed by atoms with E-state index in [1.165, 1.54) is 5.56 Å². The molecule has 0 aliphatic carbocycles. The molecule has 1 unspecified atom stereocenters. The average molecular weight is 425 g/mol. The highest BCUT2D eigenvalue weighted by atomic mass is 19.4. The zero-order valence-corrected chi connectivity index (χ0v) is 16.7. The second-order valence-corrected chi connectivity index (χ2v) is 7.84. The normalized spacial score (nSPS) is 20.0. The van der Waals surface area contributed by atoms with E-state index < -0.39 is 24.5 Å². The van der Waals surface area contributed by atoms with Crippen molar-refractivity contribution in [3.63, 3.8) is 0 Å². The van der Waals surface area contributed by atoms with E-state index in [1.54, 1.807) is 9.80 Å². The quantitative estimate of drug-likeness (QED) is 0.701. The smallest absolute Gasteiger partial charge is 0.339 e. The molecule has 0 spiro atoms. The molecular weight excluding hydrogens is 399 g/mol. The lowest BCUT2D eigenvalue weighted by atomic mass is 10.1. The summed E-state index contributed by atoms with van der Waals surface area (Å²) in [5.74, 6) is -1.64. The standard InChI is InChI=1S/C21H26F3N3O3/c22-21(23,24)15-27-14-17(13-19(27)29)20(30)26-11-9-25(10-12-26)18(28)8-4-7-16-5-2-1-3-6-16/h1-3,5-6,17H,4,7-15H2. The Morgan fingerprint density at radius 2 is 1.63 bits per heavy atom. The van der Waals surface area contributed by atoms with Gasteiger partial charge < -0.3 is 14.7 Å². The van der Waals surface area contributed by atoms with Crippen molar-refractivity contribution in [2.75, 3.05) is 39.3 Å². The fourth-order valence-electron chi connectivity index (χ4n) is 3.99. The first-order valence-corrected chi connectivity index (χ1v) is 10.2. The van der Waals surface area contributed by atoms with Crippen molar-refractivity contribution in [2.24, 2.45) is 5.92 Å². The highest BCUT2D eigenvalue weighted by Gasteiger charge is 2.42. The van der Waals surface area contributed by atoms with Gasteiger partial charge in [-0.15, -0.1) is 0 Å². The van der Waals surface area contributed by atoms with Crippen LogP contribution in [-0.2, 0) is 20.8 Å². The second kappa shape index (κ2) is 9.49. The molecule has 3 rings (SSSR count). The van der Waals surface area contributed by atoms with E-state index in [0.29, 0.717) is 37.5 Å². The van der Waals surface area contributed by atoms with E-state index in [1.807, 2.05) is 30.3 Å². The Balaban J connectivity index is 1.41. The lowest BCUT2D eigenvalue weighted by Gasteiger charge is -2.36. The van der Waals surface area contributed by atoms with Crippen LogP contribution >= 0.6 is 0 Å². The summed E-state index contributed by atoms with van der Waals surface area (Å²) >= 11 is 0. The molecule has 1 aromatic carbocycles. The van der Waals surface area contributed by atoms with Gasteiger partial charge in [0, 0.05) is 45.6 Å². The molecule has 0 bridgehead atoms. The van der Waals surface area contributed by atoms with Gasteiger partial charge >= 0.3 is 6.18 Å². The average Bonchev–Trinajstić information content (AvgIpc) is 3.07. The Hall–Kier alpha value is -2.58.